The van der Waals surface area contributed by atoms with Crippen molar-refractivity contribution >= 4 is 17.3 Å². The quantitative estimate of drug-likeness (QED) is 0.674. The Kier molecular flexibility index (Phi) is 2.12. The van der Waals surface area contributed by atoms with Gasteiger partial charge in [-0.15, -0.1) is 0 Å². The van der Waals surface area contributed by atoms with Crippen molar-refractivity contribution in [3.8, 4) is 0 Å². The van der Waals surface area contributed by atoms with Gasteiger partial charge >= 0.3 is 0 Å². The Morgan fingerprint density at radius 3 is 2.60 bits per heavy atom. The fourth-order valence-electron chi connectivity index (χ4n) is 0.849. The molecular weight excluding hydrogens is 148 g/mol. The van der Waals surface area contributed by atoms with E-state index in [1.807, 2.05) is 14.0 Å². The number of anilines is 1. The van der Waals surface area contributed by atoms with Gasteiger partial charge in [-0.3, -0.25) is 4.98 Å². The summed E-state index contributed by atoms with van der Waals surface area (Å²) in [6.07, 6.45) is 3.40. The van der Waals surface area contributed by atoms with Crippen LogP contribution in [-0.2, 0) is 0 Å². The zero-order valence-corrected chi connectivity index (χ0v) is 6.74. The van der Waals surface area contributed by atoms with Crippen molar-refractivity contribution in [3.05, 3.63) is 23.0 Å². The van der Waals surface area contributed by atoms with E-state index >= 15 is 0 Å². The molecule has 3 heteroatoms. The Morgan fingerprint density at radius 1 is 1.50 bits per heavy atom. The van der Waals surface area contributed by atoms with Crippen molar-refractivity contribution in [2.75, 3.05) is 12.4 Å². The lowest BCUT2D eigenvalue weighted by Crippen LogP contribution is -1.92. The molecule has 0 unspecified atom stereocenters. The molecule has 1 aromatic heterocycles. The van der Waals surface area contributed by atoms with Gasteiger partial charge in [0.25, 0.3) is 0 Å². The molecule has 0 bridgehead atoms. The third kappa shape index (κ3) is 1.21. The molecule has 0 atom stereocenters. The predicted molar refractivity (Wildman–Crippen MR) is 43.5 cm³/mol. The number of rotatable bonds is 1. The molecule has 0 aliphatic heterocycles. The number of hydrogen-bond donors (Lipinski definition) is 1. The van der Waals surface area contributed by atoms with E-state index in [0.717, 1.165) is 11.3 Å². The van der Waals surface area contributed by atoms with E-state index in [1.165, 1.54) is 0 Å². The number of halogens is 1. The Balaban J connectivity index is 3.17. The van der Waals surface area contributed by atoms with Crippen LogP contribution in [0.4, 0.5) is 5.69 Å². The molecule has 0 amide bonds. The predicted octanol–water partition coefficient (Wildman–Crippen LogP) is 2.09. The third-order valence-corrected chi connectivity index (χ3v) is 1.63. The normalized spacial score (nSPS) is 9.50. The van der Waals surface area contributed by atoms with E-state index in [0.29, 0.717) is 5.02 Å². The summed E-state index contributed by atoms with van der Waals surface area (Å²) >= 11 is 5.80. The minimum Gasteiger partial charge on any atom is -0.387 e. The molecule has 2 nitrogen and oxygen atoms in total. The van der Waals surface area contributed by atoms with Gasteiger partial charge in [-0.05, 0) is 12.5 Å². The van der Waals surface area contributed by atoms with Gasteiger partial charge < -0.3 is 5.32 Å². The average molecular weight is 157 g/mol. The van der Waals surface area contributed by atoms with Crippen LogP contribution in [0.25, 0.3) is 0 Å². The number of aryl methyl sites for hydroxylation is 1. The highest BCUT2D eigenvalue weighted by molar-refractivity contribution is 6.33. The van der Waals surface area contributed by atoms with E-state index in [1.54, 1.807) is 12.4 Å². The molecule has 1 N–H and O–H groups in total. The first kappa shape index (κ1) is 7.35. The molecule has 1 aromatic rings. The number of pyridine rings is 1. The van der Waals surface area contributed by atoms with Gasteiger partial charge in [-0.2, -0.15) is 0 Å². The molecule has 0 spiro atoms. The highest BCUT2D eigenvalue weighted by Crippen LogP contribution is 2.22. The monoisotopic (exact) mass is 156 g/mol. The van der Waals surface area contributed by atoms with Crippen molar-refractivity contribution in [1.29, 1.82) is 0 Å². The van der Waals surface area contributed by atoms with Gasteiger partial charge in [0.15, 0.2) is 0 Å². The molecule has 0 aromatic carbocycles. The van der Waals surface area contributed by atoms with Crippen LogP contribution in [0.1, 0.15) is 5.56 Å². The molecule has 0 fully saturated rings. The van der Waals surface area contributed by atoms with Gasteiger partial charge in [0.2, 0.25) is 0 Å². The molecule has 0 aliphatic carbocycles. The summed E-state index contributed by atoms with van der Waals surface area (Å²) in [5.74, 6) is 0. The van der Waals surface area contributed by atoms with Crippen LogP contribution in [0.2, 0.25) is 5.02 Å². The lowest BCUT2D eigenvalue weighted by molar-refractivity contribution is 1.26. The third-order valence-electron chi connectivity index (χ3n) is 1.34. The molecule has 0 radical (unpaired) electrons. The number of hydrogen-bond acceptors (Lipinski definition) is 2. The van der Waals surface area contributed by atoms with Crippen molar-refractivity contribution < 1.29 is 0 Å². The van der Waals surface area contributed by atoms with E-state index < -0.39 is 0 Å². The summed E-state index contributed by atoms with van der Waals surface area (Å²) in [6, 6.07) is 0. The SMILES string of the molecule is CNc1c(C)cncc1Cl. The topological polar surface area (TPSA) is 24.9 Å². The zero-order valence-electron chi connectivity index (χ0n) is 5.98. The second-order valence-corrected chi connectivity index (χ2v) is 2.47. The summed E-state index contributed by atoms with van der Waals surface area (Å²) in [6.45, 7) is 1.96. The van der Waals surface area contributed by atoms with Crippen LogP contribution < -0.4 is 5.32 Å². The average Bonchev–Trinajstić information content (AvgIpc) is 1.88. The molecular formula is C7H9ClN2. The smallest absolute Gasteiger partial charge is 0.0823 e. The van der Waals surface area contributed by atoms with Gasteiger partial charge in [0.1, 0.15) is 0 Å². The Labute approximate surface area is 65.2 Å². The summed E-state index contributed by atoms with van der Waals surface area (Å²) in [5.41, 5.74) is 2.02. The molecule has 0 aliphatic rings. The van der Waals surface area contributed by atoms with Crippen molar-refractivity contribution in [1.82, 2.24) is 4.98 Å². The van der Waals surface area contributed by atoms with E-state index in [9.17, 15) is 0 Å². The highest BCUT2D eigenvalue weighted by atomic mass is 35.5. The van der Waals surface area contributed by atoms with Crippen LogP contribution in [0.3, 0.4) is 0 Å². The second-order valence-electron chi connectivity index (χ2n) is 2.06. The maximum absolute atomic E-state index is 5.80. The Hall–Kier alpha value is -0.760. The minimum absolute atomic E-state index is 0.669. The molecule has 54 valence electrons. The lowest BCUT2D eigenvalue weighted by Gasteiger charge is -2.04. The molecule has 10 heavy (non-hydrogen) atoms. The number of nitrogens with zero attached hydrogens (tertiary/aromatic N) is 1. The first-order chi connectivity index (χ1) is 4.75. The van der Waals surface area contributed by atoms with Crippen LogP contribution in [0.5, 0.6) is 0 Å². The highest BCUT2D eigenvalue weighted by Gasteiger charge is 1.99. The summed E-state index contributed by atoms with van der Waals surface area (Å²) < 4.78 is 0. The van der Waals surface area contributed by atoms with Gasteiger partial charge in [0.05, 0.1) is 10.7 Å². The second kappa shape index (κ2) is 2.88. The molecule has 1 rings (SSSR count). The van der Waals surface area contributed by atoms with Gasteiger partial charge in [-0.1, -0.05) is 11.6 Å². The van der Waals surface area contributed by atoms with E-state index in [-0.39, 0.29) is 0 Å². The van der Waals surface area contributed by atoms with Gasteiger partial charge in [0, 0.05) is 19.4 Å². The zero-order chi connectivity index (χ0) is 7.56. The number of nitrogens with one attached hydrogen (secondary N) is 1. The van der Waals surface area contributed by atoms with Gasteiger partial charge in [-0.25, -0.2) is 0 Å². The summed E-state index contributed by atoms with van der Waals surface area (Å²) in [7, 11) is 1.84. The summed E-state index contributed by atoms with van der Waals surface area (Å²) in [5, 5.41) is 3.66. The van der Waals surface area contributed by atoms with E-state index in [2.05, 4.69) is 10.3 Å². The molecule has 0 saturated carbocycles. The largest absolute Gasteiger partial charge is 0.387 e. The van der Waals surface area contributed by atoms with Crippen molar-refractivity contribution in [2.45, 2.75) is 6.92 Å². The standard InChI is InChI=1S/C7H9ClN2/c1-5-3-10-4-6(8)7(5)9-2/h3-4H,1-2H3,(H,9,10). The maximum atomic E-state index is 5.80. The van der Waals surface area contributed by atoms with Crippen molar-refractivity contribution in [2.24, 2.45) is 0 Å². The van der Waals surface area contributed by atoms with Crippen LogP contribution in [-0.4, -0.2) is 12.0 Å². The van der Waals surface area contributed by atoms with E-state index in [4.69, 9.17) is 11.6 Å². The maximum Gasteiger partial charge on any atom is 0.0823 e. The summed E-state index contributed by atoms with van der Waals surface area (Å²) in [4.78, 5) is 3.92. The van der Waals surface area contributed by atoms with Crippen LogP contribution in [0, 0.1) is 6.92 Å². The minimum atomic E-state index is 0.669. The lowest BCUT2D eigenvalue weighted by atomic mass is 10.3. The first-order valence-electron chi connectivity index (χ1n) is 3.03. The van der Waals surface area contributed by atoms with Crippen LogP contribution >= 0.6 is 11.6 Å². The Bertz CT molecular complexity index is 215. The molecule has 1 heterocycles. The van der Waals surface area contributed by atoms with Crippen molar-refractivity contribution in [3.63, 3.8) is 0 Å². The fraction of sp³-hybridized carbons (Fsp3) is 0.286. The Morgan fingerprint density at radius 2 is 2.20 bits per heavy atom. The fourth-order valence-corrected chi connectivity index (χ4v) is 1.15. The number of aromatic nitrogens is 1. The first-order valence-corrected chi connectivity index (χ1v) is 3.41. The molecule has 0 saturated heterocycles. The van der Waals surface area contributed by atoms with Crippen LogP contribution in [0.15, 0.2) is 12.4 Å².